The lowest BCUT2D eigenvalue weighted by molar-refractivity contribution is 0.147. The Labute approximate surface area is 129 Å². The van der Waals surface area contributed by atoms with Gasteiger partial charge >= 0.3 is 0 Å². The molecular formula is C18H28ClN. The number of anilines is 1. The number of aryl methyl sites for hydroxylation is 1. The van der Waals surface area contributed by atoms with E-state index in [1.165, 1.54) is 37.7 Å². The minimum Gasteiger partial charge on any atom is -0.381 e. The summed E-state index contributed by atoms with van der Waals surface area (Å²) in [5.74, 6) is 0.874. The number of hydrogen-bond donors (Lipinski definition) is 1. The average molecular weight is 294 g/mol. The van der Waals surface area contributed by atoms with Gasteiger partial charge in [0.15, 0.2) is 0 Å². The minimum atomic E-state index is 0.493. The van der Waals surface area contributed by atoms with E-state index in [2.05, 4.69) is 45.1 Å². The third-order valence-corrected chi connectivity index (χ3v) is 5.54. The number of rotatable bonds is 4. The molecule has 1 aliphatic rings. The summed E-state index contributed by atoms with van der Waals surface area (Å²) in [6.45, 7) is 9.23. The molecule has 0 amide bonds. The Kier molecular flexibility index (Phi) is 5.01. The van der Waals surface area contributed by atoms with Crippen LogP contribution in [0, 0.1) is 18.3 Å². The fourth-order valence-electron chi connectivity index (χ4n) is 3.27. The van der Waals surface area contributed by atoms with Crippen molar-refractivity contribution in [3.8, 4) is 0 Å². The highest BCUT2D eigenvalue weighted by atomic mass is 35.5. The highest BCUT2D eigenvalue weighted by Gasteiger charge is 2.31. The fourth-order valence-corrected chi connectivity index (χ4v) is 3.55. The van der Waals surface area contributed by atoms with Gasteiger partial charge in [-0.1, -0.05) is 44.9 Å². The quantitative estimate of drug-likeness (QED) is 0.712. The molecule has 20 heavy (non-hydrogen) atoms. The molecule has 112 valence electrons. The second-order valence-corrected chi connectivity index (χ2v) is 7.43. The highest BCUT2D eigenvalue weighted by Crippen LogP contribution is 2.41. The number of hydrogen-bond acceptors (Lipinski definition) is 1. The molecule has 2 heteroatoms. The van der Waals surface area contributed by atoms with Crippen molar-refractivity contribution in [1.29, 1.82) is 0 Å². The number of halogens is 1. The second kappa shape index (κ2) is 6.39. The molecule has 0 unspecified atom stereocenters. The smallest absolute Gasteiger partial charge is 0.0640 e. The molecule has 2 rings (SSSR count). The molecule has 0 spiro atoms. The summed E-state index contributed by atoms with van der Waals surface area (Å²) in [4.78, 5) is 0. The predicted molar refractivity (Wildman–Crippen MR) is 89.6 cm³/mol. The summed E-state index contributed by atoms with van der Waals surface area (Å²) in [5, 5.41) is 4.48. The Hall–Kier alpha value is -0.690. The van der Waals surface area contributed by atoms with Gasteiger partial charge in [0.1, 0.15) is 0 Å². The summed E-state index contributed by atoms with van der Waals surface area (Å²) >= 11 is 6.31. The Morgan fingerprint density at radius 3 is 2.40 bits per heavy atom. The molecule has 0 atom stereocenters. The Morgan fingerprint density at radius 1 is 1.20 bits per heavy atom. The van der Waals surface area contributed by atoms with Crippen molar-refractivity contribution in [3.05, 3.63) is 28.8 Å². The molecule has 0 saturated heterocycles. The Bertz CT molecular complexity index is 445. The van der Waals surface area contributed by atoms with E-state index in [9.17, 15) is 0 Å². The van der Waals surface area contributed by atoms with Crippen molar-refractivity contribution in [2.24, 2.45) is 11.3 Å². The zero-order valence-corrected chi connectivity index (χ0v) is 14.1. The summed E-state index contributed by atoms with van der Waals surface area (Å²) in [6.07, 6.45) is 6.47. The molecule has 0 radical (unpaired) electrons. The molecule has 1 aromatic carbocycles. The largest absolute Gasteiger partial charge is 0.381 e. The van der Waals surface area contributed by atoms with Crippen LogP contribution >= 0.6 is 11.6 Å². The molecule has 0 heterocycles. The molecule has 1 nitrogen and oxygen atoms in total. The van der Waals surface area contributed by atoms with Gasteiger partial charge in [0.25, 0.3) is 0 Å². The molecule has 1 aromatic rings. The third kappa shape index (κ3) is 3.69. The molecule has 1 fully saturated rings. The molecule has 0 aliphatic heterocycles. The Morgan fingerprint density at radius 2 is 1.85 bits per heavy atom. The standard InChI is InChI=1S/C18H28ClN/c1-5-18(3,4)14-7-9-15(10-8-14)20-17-11-6-13(2)12-16(17)19/h6,11-12,14-15,20H,5,7-10H2,1-4H3. The van der Waals surface area contributed by atoms with E-state index in [0.717, 1.165) is 16.6 Å². The SMILES string of the molecule is CCC(C)(C)C1CCC(Nc2ccc(C)cc2Cl)CC1. The first-order valence-electron chi connectivity index (χ1n) is 7.95. The van der Waals surface area contributed by atoms with E-state index in [-0.39, 0.29) is 0 Å². The van der Waals surface area contributed by atoms with Crippen LogP contribution in [-0.4, -0.2) is 6.04 Å². The van der Waals surface area contributed by atoms with Gasteiger partial charge in [-0.25, -0.2) is 0 Å². The zero-order chi connectivity index (χ0) is 14.8. The van der Waals surface area contributed by atoms with Crippen LogP contribution in [0.4, 0.5) is 5.69 Å². The molecule has 1 saturated carbocycles. The maximum Gasteiger partial charge on any atom is 0.0640 e. The summed E-state index contributed by atoms with van der Waals surface area (Å²) in [6, 6.07) is 6.86. The van der Waals surface area contributed by atoms with Crippen LogP contribution in [0.3, 0.4) is 0 Å². The van der Waals surface area contributed by atoms with Gasteiger partial charge < -0.3 is 5.32 Å². The van der Waals surface area contributed by atoms with E-state index in [4.69, 9.17) is 11.6 Å². The van der Waals surface area contributed by atoms with E-state index >= 15 is 0 Å². The monoisotopic (exact) mass is 293 g/mol. The van der Waals surface area contributed by atoms with Crippen molar-refractivity contribution < 1.29 is 0 Å². The molecule has 0 bridgehead atoms. The van der Waals surface area contributed by atoms with E-state index in [1.54, 1.807) is 0 Å². The minimum absolute atomic E-state index is 0.493. The fraction of sp³-hybridized carbons (Fsp3) is 0.667. The van der Waals surface area contributed by atoms with Gasteiger partial charge in [0, 0.05) is 6.04 Å². The van der Waals surface area contributed by atoms with Gasteiger partial charge in [-0.05, 0) is 61.6 Å². The maximum atomic E-state index is 6.31. The van der Waals surface area contributed by atoms with Crippen LogP contribution < -0.4 is 5.32 Å². The van der Waals surface area contributed by atoms with Crippen molar-refractivity contribution in [2.45, 2.75) is 65.8 Å². The van der Waals surface area contributed by atoms with Gasteiger partial charge in [0.2, 0.25) is 0 Å². The van der Waals surface area contributed by atoms with Crippen LogP contribution in [0.25, 0.3) is 0 Å². The van der Waals surface area contributed by atoms with Crippen LogP contribution in [0.2, 0.25) is 5.02 Å². The third-order valence-electron chi connectivity index (χ3n) is 5.23. The van der Waals surface area contributed by atoms with E-state index in [1.807, 2.05) is 6.07 Å². The van der Waals surface area contributed by atoms with E-state index in [0.29, 0.717) is 11.5 Å². The molecular weight excluding hydrogens is 266 g/mol. The normalized spacial score (nSPS) is 23.6. The van der Waals surface area contributed by atoms with Crippen LogP contribution in [0.1, 0.15) is 58.4 Å². The lowest BCUT2D eigenvalue weighted by Gasteiger charge is -2.39. The zero-order valence-electron chi connectivity index (χ0n) is 13.3. The van der Waals surface area contributed by atoms with Crippen molar-refractivity contribution in [3.63, 3.8) is 0 Å². The van der Waals surface area contributed by atoms with Gasteiger partial charge in [-0.2, -0.15) is 0 Å². The topological polar surface area (TPSA) is 12.0 Å². The van der Waals surface area contributed by atoms with Crippen molar-refractivity contribution in [1.82, 2.24) is 0 Å². The van der Waals surface area contributed by atoms with Crippen LogP contribution in [-0.2, 0) is 0 Å². The average Bonchev–Trinajstić information content (AvgIpc) is 2.42. The molecule has 1 N–H and O–H groups in total. The Balaban J connectivity index is 1.91. The highest BCUT2D eigenvalue weighted by molar-refractivity contribution is 6.33. The maximum absolute atomic E-state index is 6.31. The summed E-state index contributed by atoms with van der Waals surface area (Å²) in [5.41, 5.74) is 2.80. The first-order chi connectivity index (χ1) is 9.42. The van der Waals surface area contributed by atoms with E-state index < -0.39 is 0 Å². The van der Waals surface area contributed by atoms with Crippen molar-refractivity contribution >= 4 is 17.3 Å². The van der Waals surface area contributed by atoms with Gasteiger partial charge in [0.05, 0.1) is 10.7 Å². The number of nitrogens with one attached hydrogen (secondary N) is 1. The first kappa shape index (κ1) is 15.7. The lowest BCUT2D eigenvalue weighted by Crippen LogP contribution is -2.32. The van der Waals surface area contributed by atoms with Crippen molar-refractivity contribution in [2.75, 3.05) is 5.32 Å². The first-order valence-corrected chi connectivity index (χ1v) is 8.33. The lowest BCUT2D eigenvalue weighted by atomic mass is 9.69. The summed E-state index contributed by atoms with van der Waals surface area (Å²) < 4.78 is 0. The van der Waals surface area contributed by atoms with Crippen LogP contribution in [0.5, 0.6) is 0 Å². The molecule has 0 aromatic heterocycles. The second-order valence-electron chi connectivity index (χ2n) is 7.02. The summed E-state index contributed by atoms with van der Waals surface area (Å²) in [7, 11) is 0. The van der Waals surface area contributed by atoms with Gasteiger partial charge in [-0.15, -0.1) is 0 Å². The molecule has 1 aliphatic carbocycles. The van der Waals surface area contributed by atoms with Crippen LogP contribution in [0.15, 0.2) is 18.2 Å². The van der Waals surface area contributed by atoms with Gasteiger partial charge in [-0.3, -0.25) is 0 Å². The number of benzene rings is 1. The predicted octanol–water partition coefficient (Wildman–Crippen LogP) is 6.06.